The molecule has 0 aromatic heterocycles. The third-order valence-electron chi connectivity index (χ3n) is 5.12. The number of fused-ring (bicyclic) bond motifs is 1. The first-order valence-corrected chi connectivity index (χ1v) is 9.62. The van der Waals surface area contributed by atoms with Gasteiger partial charge in [0, 0.05) is 29.9 Å². The molecule has 4 aromatic carbocycles. The molecule has 2 nitrogen and oxygen atoms in total. The Labute approximate surface area is 166 Å². The lowest BCUT2D eigenvalue weighted by Crippen LogP contribution is -2.21. The Morgan fingerprint density at radius 2 is 1.39 bits per heavy atom. The SMILES string of the molecule is Cc1cccc2cc(C(=O)CCN(c3ccccc3)c3ccccc3)ccc12. The molecule has 0 spiro atoms. The van der Waals surface area contributed by atoms with Gasteiger partial charge in [0.25, 0.3) is 0 Å². The molecule has 0 saturated heterocycles. The number of carbonyl (C=O) groups is 1. The van der Waals surface area contributed by atoms with Crippen LogP contribution in [0.5, 0.6) is 0 Å². The number of nitrogens with zero attached hydrogens (tertiary/aromatic N) is 1. The highest BCUT2D eigenvalue weighted by molar-refractivity contribution is 6.00. The van der Waals surface area contributed by atoms with Crippen molar-refractivity contribution in [3.05, 3.63) is 108 Å². The molecule has 0 unspecified atom stereocenters. The fourth-order valence-corrected chi connectivity index (χ4v) is 3.60. The van der Waals surface area contributed by atoms with Crippen molar-refractivity contribution in [2.75, 3.05) is 11.4 Å². The summed E-state index contributed by atoms with van der Waals surface area (Å²) < 4.78 is 0. The lowest BCUT2D eigenvalue weighted by molar-refractivity contribution is 0.0985. The van der Waals surface area contributed by atoms with Crippen LogP contribution in [0.15, 0.2) is 97.1 Å². The standard InChI is InChI=1S/C26H23NO/c1-20-9-8-10-21-19-22(15-16-25(20)21)26(28)17-18-27(23-11-4-2-5-12-23)24-13-6-3-7-14-24/h2-16,19H,17-18H2,1H3. The number of carbonyl (C=O) groups excluding carboxylic acids is 1. The van der Waals surface area contributed by atoms with Gasteiger partial charge in [0.2, 0.25) is 0 Å². The average molecular weight is 365 g/mol. The van der Waals surface area contributed by atoms with Crippen molar-refractivity contribution in [1.82, 2.24) is 0 Å². The van der Waals surface area contributed by atoms with Gasteiger partial charge < -0.3 is 4.90 Å². The summed E-state index contributed by atoms with van der Waals surface area (Å²) in [7, 11) is 0. The molecule has 0 saturated carbocycles. The van der Waals surface area contributed by atoms with Gasteiger partial charge in [0.15, 0.2) is 5.78 Å². The van der Waals surface area contributed by atoms with Crippen LogP contribution < -0.4 is 4.90 Å². The number of ketones is 1. The number of Topliss-reactive ketones (excluding diaryl/α,β-unsaturated/α-hetero) is 1. The van der Waals surface area contributed by atoms with Gasteiger partial charge in [-0.05, 0) is 53.6 Å². The van der Waals surface area contributed by atoms with Gasteiger partial charge in [-0.15, -0.1) is 0 Å². The van der Waals surface area contributed by atoms with Crippen molar-refractivity contribution >= 4 is 27.9 Å². The minimum Gasteiger partial charge on any atom is -0.341 e. The molecule has 0 N–H and O–H groups in total. The van der Waals surface area contributed by atoms with Crippen LogP contribution >= 0.6 is 0 Å². The zero-order chi connectivity index (χ0) is 19.3. The van der Waals surface area contributed by atoms with Crippen molar-refractivity contribution in [3.8, 4) is 0 Å². The van der Waals surface area contributed by atoms with E-state index in [0.717, 1.165) is 22.3 Å². The maximum atomic E-state index is 12.9. The normalized spacial score (nSPS) is 10.8. The monoisotopic (exact) mass is 365 g/mol. The van der Waals surface area contributed by atoms with Crippen molar-refractivity contribution in [1.29, 1.82) is 0 Å². The second-order valence-corrected chi connectivity index (χ2v) is 7.01. The highest BCUT2D eigenvalue weighted by atomic mass is 16.1. The minimum absolute atomic E-state index is 0.167. The molecular weight excluding hydrogens is 342 g/mol. The van der Waals surface area contributed by atoms with Gasteiger partial charge in [-0.3, -0.25) is 4.79 Å². The van der Waals surface area contributed by atoms with Crippen LogP contribution in [0.2, 0.25) is 0 Å². The molecule has 0 aliphatic rings. The molecule has 138 valence electrons. The Morgan fingerprint density at radius 3 is 2.04 bits per heavy atom. The molecule has 0 fully saturated rings. The first-order valence-electron chi connectivity index (χ1n) is 9.62. The van der Waals surface area contributed by atoms with Gasteiger partial charge in [0.1, 0.15) is 0 Å². The van der Waals surface area contributed by atoms with E-state index in [2.05, 4.69) is 54.3 Å². The summed E-state index contributed by atoms with van der Waals surface area (Å²) in [4.78, 5) is 15.1. The van der Waals surface area contributed by atoms with Crippen LogP contribution in [0.25, 0.3) is 10.8 Å². The smallest absolute Gasteiger partial charge is 0.164 e. The summed E-state index contributed by atoms with van der Waals surface area (Å²) in [6.07, 6.45) is 0.459. The van der Waals surface area contributed by atoms with E-state index in [0.29, 0.717) is 13.0 Å². The van der Waals surface area contributed by atoms with E-state index < -0.39 is 0 Å². The van der Waals surface area contributed by atoms with Crippen molar-refractivity contribution in [3.63, 3.8) is 0 Å². The zero-order valence-electron chi connectivity index (χ0n) is 16.0. The van der Waals surface area contributed by atoms with Crippen LogP contribution in [-0.4, -0.2) is 12.3 Å². The lowest BCUT2D eigenvalue weighted by atomic mass is 10.00. The molecule has 0 aliphatic heterocycles. The van der Waals surface area contributed by atoms with Crippen molar-refractivity contribution in [2.45, 2.75) is 13.3 Å². The Kier molecular flexibility index (Phi) is 5.20. The number of hydrogen-bond donors (Lipinski definition) is 0. The topological polar surface area (TPSA) is 20.3 Å². The molecule has 2 heteroatoms. The van der Waals surface area contributed by atoms with Gasteiger partial charge in [-0.1, -0.05) is 66.7 Å². The van der Waals surface area contributed by atoms with Gasteiger partial charge >= 0.3 is 0 Å². The molecule has 4 aromatic rings. The quantitative estimate of drug-likeness (QED) is 0.361. The Bertz CT molecular complexity index is 1050. The minimum atomic E-state index is 0.167. The van der Waals surface area contributed by atoms with E-state index in [1.165, 1.54) is 10.9 Å². The molecule has 0 amide bonds. The second-order valence-electron chi connectivity index (χ2n) is 7.01. The number of benzene rings is 4. The molecule has 0 radical (unpaired) electrons. The Morgan fingerprint density at radius 1 is 0.750 bits per heavy atom. The highest BCUT2D eigenvalue weighted by Crippen LogP contribution is 2.26. The molecule has 0 aliphatic carbocycles. The number of para-hydroxylation sites is 2. The summed E-state index contributed by atoms with van der Waals surface area (Å²) in [5.41, 5.74) is 4.20. The number of rotatable bonds is 6. The largest absolute Gasteiger partial charge is 0.341 e. The fraction of sp³-hybridized carbons (Fsp3) is 0.115. The zero-order valence-corrected chi connectivity index (χ0v) is 16.0. The summed E-state index contributed by atoms with van der Waals surface area (Å²) in [5, 5.41) is 2.32. The fourth-order valence-electron chi connectivity index (χ4n) is 3.60. The summed E-state index contributed by atoms with van der Waals surface area (Å²) in [5.74, 6) is 0.167. The Balaban J connectivity index is 1.56. The predicted octanol–water partition coefficient (Wildman–Crippen LogP) is 6.56. The van der Waals surface area contributed by atoms with Crippen molar-refractivity contribution < 1.29 is 4.79 Å². The first-order chi connectivity index (χ1) is 13.7. The van der Waals surface area contributed by atoms with E-state index in [-0.39, 0.29) is 5.78 Å². The van der Waals surface area contributed by atoms with Gasteiger partial charge in [-0.25, -0.2) is 0 Å². The van der Waals surface area contributed by atoms with Crippen LogP contribution in [-0.2, 0) is 0 Å². The molecule has 4 rings (SSSR count). The van der Waals surface area contributed by atoms with Crippen LogP contribution in [0.3, 0.4) is 0 Å². The lowest BCUT2D eigenvalue weighted by Gasteiger charge is -2.24. The van der Waals surface area contributed by atoms with Crippen LogP contribution in [0.4, 0.5) is 11.4 Å². The Hall–Kier alpha value is -3.39. The second kappa shape index (κ2) is 8.10. The molecule has 0 heterocycles. The third-order valence-corrected chi connectivity index (χ3v) is 5.12. The first kappa shape index (κ1) is 18.0. The van der Waals surface area contributed by atoms with Crippen LogP contribution in [0, 0.1) is 6.92 Å². The van der Waals surface area contributed by atoms with Gasteiger partial charge in [-0.2, -0.15) is 0 Å². The summed E-state index contributed by atoms with van der Waals surface area (Å²) in [6, 6.07) is 32.7. The van der Waals surface area contributed by atoms with E-state index >= 15 is 0 Å². The maximum absolute atomic E-state index is 12.9. The average Bonchev–Trinajstić information content (AvgIpc) is 2.75. The summed E-state index contributed by atoms with van der Waals surface area (Å²) >= 11 is 0. The number of aryl methyl sites for hydroxylation is 1. The third kappa shape index (κ3) is 3.81. The molecular formula is C26H23NO. The van der Waals surface area contributed by atoms with E-state index in [4.69, 9.17) is 0 Å². The highest BCUT2D eigenvalue weighted by Gasteiger charge is 2.13. The van der Waals surface area contributed by atoms with Crippen molar-refractivity contribution in [2.24, 2.45) is 0 Å². The molecule has 28 heavy (non-hydrogen) atoms. The van der Waals surface area contributed by atoms with E-state index in [1.807, 2.05) is 54.6 Å². The van der Waals surface area contributed by atoms with E-state index in [9.17, 15) is 4.79 Å². The number of anilines is 2. The maximum Gasteiger partial charge on any atom is 0.164 e. The molecule has 0 atom stereocenters. The van der Waals surface area contributed by atoms with Gasteiger partial charge in [0.05, 0.1) is 0 Å². The molecule has 0 bridgehead atoms. The van der Waals surface area contributed by atoms with Crippen LogP contribution in [0.1, 0.15) is 22.3 Å². The van der Waals surface area contributed by atoms with E-state index in [1.54, 1.807) is 0 Å². The summed E-state index contributed by atoms with van der Waals surface area (Å²) in [6.45, 7) is 2.74. The number of hydrogen-bond acceptors (Lipinski definition) is 2. The predicted molar refractivity (Wildman–Crippen MR) is 118 cm³/mol.